The highest BCUT2D eigenvalue weighted by molar-refractivity contribution is 5.77. The lowest BCUT2D eigenvalue weighted by atomic mass is 10.2. The van der Waals surface area contributed by atoms with Gasteiger partial charge in [0.05, 0.1) is 16.6 Å². The van der Waals surface area contributed by atoms with E-state index < -0.39 is 5.69 Å². The number of oxazole rings is 1. The van der Waals surface area contributed by atoms with Crippen LogP contribution in [0.2, 0.25) is 0 Å². The van der Waals surface area contributed by atoms with Crippen LogP contribution in [0, 0.1) is 0 Å². The van der Waals surface area contributed by atoms with Crippen LogP contribution in [-0.2, 0) is 0 Å². The largest absolute Gasteiger partial charge is 0.423 e. The molecule has 28 heavy (non-hydrogen) atoms. The summed E-state index contributed by atoms with van der Waals surface area (Å²) >= 11 is 0. The average Bonchev–Trinajstić information content (AvgIpc) is 3.11. The van der Waals surface area contributed by atoms with Gasteiger partial charge >= 0.3 is 5.69 Å². The number of benzene rings is 3. The van der Waals surface area contributed by atoms with Crippen molar-refractivity contribution in [2.75, 3.05) is 5.32 Å². The van der Waals surface area contributed by atoms with E-state index in [0.29, 0.717) is 28.2 Å². The fraction of sp³-hybridized carbons (Fsp3) is 0. The number of nitrogens with one attached hydrogen (secondary N) is 2. The summed E-state index contributed by atoms with van der Waals surface area (Å²) in [6.07, 6.45) is 0. The molecule has 7 heteroatoms. The van der Waals surface area contributed by atoms with Gasteiger partial charge in [0.2, 0.25) is 0 Å². The van der Waals surface area contributed by atoms with Gasteiger partial charge < -0.3 is 14.7 Å². The lowest BCUT2D eigenvalue weighted by Gasteiger charge is -2.07. The zero-order valence-electron chi connectivity index (χ0n) is 14.5. The zero-order chi connectivity index (χ0) is 19.1. The fourth-order valence-corrected chi connectivity index (χ4v) is 3.14. The molecule has 0 unspecified atom stereocenters. The number of hydrogen-bond donors (Lipinski definition) is 2. The summed E-state index contributed by atoms with van der Waals surface area (Å²) in [6, 6.07) is 21.7. The summed E-state index contributed by atoms with van der Waals surface area (Å²) < 4.78 is 6.76. The number of nitrogens with zero attached hydrogens (tertiary/aromatic N) is 2. The van der Waals surface area contributed by atoms with Crippen molar-refractivity contribution < 1.29 is 4.42 Å². The second kappa shape index (κ2) is 6.24. The number of para-hydroxylation sites is 3. The molecule has 0 saturated carbocycles. The Balaban J connectivity index is 1.51. The van der Waals surface area contributed by atoms with E-state index in [1.807, 2.05) is 24.3 Å². The highest BCUT2D eigenvalue weighted by Crippen LogP contribution is 2.22. The van der Waals surface area contributed by atoms with E-state index >= 15 is 0 Å². The minimum atomic E-state index is -0.483. The summed E-state index contributed by atoms with van der Waals surface area (Å²) in [5.41, 5.74) is 2.32. The first-order valence-electron chi connectivity index (χ1n) is 8.66. The molecule has 2 heterocycles. The smallest absolute Gasteiger partial charge is 0.333 e. The Labute approximate surface area is 157 Å². The van der Waals surface area contributed by atoms with E-state index in [-0.39, 0.29) is 5.56 Å². The number of H-pyrrole nitrogens is 1. The normalized spacial score (nSPS) is 11.1. The van der Waals surface area contributed by atoms with Crippen LogP contribution < -0.4 is 16.6 Å². The summed E-state index contributed by atoms with van der Waals surface area (Å²) in [5, 5.41) is 3.53. The Morgan fingerprint density at radius 2 is 1.64 bits per heavy atom. The number of aromatic nitrogens is 3. The van der Waals surface area contributed by atoms with Crippen molar-refractivity contribution in [3.05, 3.63) is 93.6 Å². The molecule has 7 nitrogen and oxygen atoms in total. The molecule has 2 N–H and O–H groups in total. The van der Waals surface area contributed by atoms with E-state index in [9.17, 15) is 9.59 Å². The number of rotatable bonds is 3. The monoisotopic (exact) mass is 370 g/mol. The van der Waals surface area contributed by atoms with Gasteiger partial charge in [0.25, 0.3) is 11.6 Å². The van der Waals surface area contributed by atoms with E-state index in [4.69, 9.17) is 4.42 Å². The van der Waals surface area contributed by atoms with Crippen LogP contribution >= 0.6 is 0 Å². The van der Waals surface area contributed by atoms with E-state index in [2.05, 4.69) is 15.3 Å². The van der Waals surface area contributed by atoms with Gasteiger partial charge in [0, 0.05) is 5.69 Å². The first kappa shape index (κ1) is 16.1. The highest BCUT2D eigenvalue weighted by atomic mass is 16.4. The Kier molecular flexibility index (Phi) is 3.58. The van der Waals surface area contributed by atoms with Gasteiger partial charge in [-0.25, -0.2) is 9.36 Å². The van der Waals surface area contributed by atoms with E-state index in [0.717, 1.165) is 15.8 Å². The first-order valence-corrected chi connectivity index (χ1v) is 8.66. The van der Waals surface area contributed by atoms with Crippen molar-refractivity contribution in [3.63, 3.8) is 0 Å². The van der Waals surface area contributed by atoms with Crippen molar-refractivity contribution >= 4 is 33.7 Å². The predicted molar refractivity (Wildman–Crippen MR) is 107 cm³/mol. The summed E-state index contributed by atoms with van der Waals surface area (Å²) in [6.45, 7) is 0. The molecule has 5 aromatic rings. The molecule has 0 spiro atoms. The Hall–Kier alpha value is -4.13. The second-order valence-electron chi connectivity index (χ2n) is 6.27. The molecule has 0 saturated heterocycles. The lowest BCUT2D eigenvalue weighted by Crippen LogP contribution is -2.33. The third-order valence-electron chi connectivity index (χ3n) is 4.48. The molecule has 2 aromatic heterocycles. The topological polar surface area (TPSA) is 92.9 Å². The SMILES string of the molecule is O=c1[nH]c2ccccc2c(=O)n1-c1ccc(Nc2nc3ccccc3o2)cc1. The van der Waals surface area contributed by atoms with Crippen LogP contribution in [0.4, 0.5) is 11.7 Å². The van der Waals surface area contributed by atoms with Gasteiger partial charge in [-0.15, -0.1) is 0 Å². The predicted octanol–water partition coefficient (Wildman–Crippen LogP) is 3.56. The molecule has 0 bridgehead atoms. The van der Waals surface area contributed by atoms with Crippen LogP contribution in [-0.4, -0.2) is 14.5 Å². The van der Waals surface area contributed by atoms with Crippen molar-refractivity contribution in [2.45, 2.75) is 0 Å². The summed E-state index contributed by atoms with van der Waals surface area (Å²) in [5.74, 6) is 0. The van der Waals surface area contributed by atoms with Crippen LogP contribution in [0.15, 0.2) is 86.8 Å². The maximum atomic E-state index is 12.7. The molecule has 3 aromatic carbocycles. The van der Waals surface area contributed by atoms with Gasteiger partial charge in [-0.05, 0) is 48.5 Å². The van der Waals surface area contributed by atoms with E-state index in [1.54, 1.807) is 48.5 Å². The van der Waals surface area contributed by atoms with Gasteiger partial charge in [0.1, 0.15) is 5.52 Å². The fourth-order valence-electron chi connectivity index (χ4n) is 3.14. The molecular weight excluding hydrogens is 356 g/mol. The Morgan fingerprint density at radius 3 is 2.46 bits per heavy atom. The average molecular weight is 370 g/mol. The molecule has 136 valence electrons. The van der Waals surface area contributed by atoms with Crippen molar-refractivity contribution in [2.24, 2.45) is 0 Å². The maximum Gasteiger partial charge on any atom is 0.333 e. The molecule has 0 aliphatic rings. The zero-order valence-corrected chi connectivity index (χ0v) is 14.5. The Bertz CT molecular complexity index is 1400. The molecule has 0 fully saturated rings. The second-order valence-corrected chi connectivity index (χ2v) is 6.27. The van der Waals surface area contributed by atoms with Gasteiger partial charge in [0.15, 0.2) is 5.58 Å². The third kappa shape index (κ3) is 2.66. The van der Waals surface area contributed by atoms with Crippen molar-refractivity contribution in [1.29, 1.82) is 0 Å². The van der Waals surface area contributed by atoms with Gasteiger partial charge in [-0.2, -0.15) is 4.98 Å². The molecule has 0 atom stereocenters. The number of aromatic amines is 1. The summed E-state index contributed by atoms with van der Waals surface area (Å²) in [7, 11) is 0. The first-order chi connectivity index (χ1) is 13.7. The van der Waals surface area contributed by atoms with Gasteiger partial charge in [-0.1, -0.05) is 24.3 Å². The van der Waals surface area contributed by atoms with Crippen molar-refractivity contribution in [1.82, 2.24) is 14.5 Å². The molecule has 0 radical (unpaired) electrons. The van der Waals surface area contributed by atoms with Crippen LogP contribution in [0.1, 0.15) is 0 Å². The minimum Gasteiger partial charge on any atom is -0.423 e. The Morgan fingerprint density at radius 1 is 0.893 bits per heavy atom. The number of hydrogen-bond acceptors (Lipinski definition) is 5. The van der Waals surface area contributed by atoms with Crippen LogP contribution in [0.3, 0.4) is 0 Å². The standard InChI is InChI=1S/C21H14N4O3/c26-19-15-5-1-2-6-16(15)24-21(27)25(19)14-11-9-13(10-12-14)22-20-23-17-7-3-4-8-18(17)28-20/h1-12H,(H,22,23)(H,24,27). The van der Waals surface area contributed by atoms with Gasteiger partial charge in [-0.3, -0.25) is 4.79 Å². The summed E-state index contributed by atoms with van der Waals surface area (Å²) in [4.78, 5) is 32.2. The molecule has 0 amide bonds. The quantitative estimate of drug-likeness (QED) is 0.506. The van der Waals surface area contributed by atoms with Crippen LogP contribution in [0.25, 0.3) is 27.7 Å². The molecule has 5 rings (SSSR count). The minimum absolute atomic E-state index is 0.362. The number of fused-ring (bicyclic) bond motifs is 2. The number of anilines is 2. The van der Waals surface area contributed by atoms with Crippen LogP contribution in [0.5, 0.6) is 0 Å². The molecule has 0 aliphatic heterocycles. The molecule has 0 aliphatic carbocycles. The van der Waals surface area contributed by atoms with E-state index in [1.165, 1.54) is 0 Å². The maximum absolute atomic E-state index is 12.7. The molecular formula is C21H14N4O3. The highest BCUT2D eigenvalue weighted by Gasteiger charge is 2.10. The third-order valence-corrected chi connectivity index (χ3v) is 4.48. The van der Waals surface area contributed by atoms with Crippen molar-refractivity contribution in [3.8, 4) is 5.69 Å². The lowest BCUT2D eigenvalue weighted by molar-refractivity contribution is 0.623.